The van der Waals surface area contributed by atoms with Gasteiger partial charge in [0.05, 0.1) is 16.0 Å². The van der Waals surface area contributed by atoms with Gasteiger partial charge in [0.1, 0.15) is 18.7 Å². The van der Waals surface area contributed by atoms with E-state index in [0.717, 1.165) is 5.56 Å². The third-order valence-corrected chi connectivity index (χ3v) is 5.82. The monoisotopic (exact) mass is 397 g/mol. The minimum Gasteiger partial charge on any atom is -0.460 e. The Kier molecular flexibility index (Phi) is 5.49. The number of carbonyl (C=O) groups excluding carboxylic acids is 1. The van der Waals surface area contributed by atoms with Crippen molar-refractivity contribution < 1.29 is 17.9 Å². The van der Waals surface area contributed by atoms with Crippen molar-refractivity contribution in [1.82, 2.24) is 9.12 Å². The van der Waals surface area contributed by atoms with E-state index in [1.54, 1.807) is 35.0 Å². The maximum absolute atomic E-state index is 12.4. The summed E-state index contributed by atoms with van der Waals surface area (Å²) in [5, 5.41) is 9.38. The van der Waals surface area contributed by atoms with Crippen LogP contribution in [0.5, 0.6) is 0 Å². The Morgan fingerprint density at radius 3 is 2.64 bits per heavy atom. The fourth-order valence-electron chi connectivity index (χ4n) is 2.76. The summed E-state index contributed by atoms with van der Waals surface area (Å²) in [4.78, 5) is 12.3. The molecule has 0 aliphatic rings. The predicted molar refractivity (Wildman–Crippen MR) is 103 cm³/mol. The van der Waals surface area contributed by atoms with Gasteiger partial charge in [-0.1, -0.05) is 23.8 Å². The number of nitrogens with one attached hydrogen (secondary N) is 1. The maximum atomic E-state index is 12.4. The molecule has 0 saturated heterocycles. The summed E-state index contributed by atoms with van der Waals surface area (Å²) in [6.07, 6.45) is 3.50. The van der Waals surface area contributed by atoms with Crippen molar-refractivity contribution in [3.8, 4) is 6.07 Å². The number of sulfonamides is 1. The molecule has 0 unspecified atom stereocenters. The molecule has 2 heterocycles. The van der Waals surface area contributed by atoms with Crippen LogP contribution in [0.25, 0.3) is 5.52 Å². The number of aryl methyl sites for hydroxylation is 1. The summed E-state index contributed by atoms with van der Waals surface area (Å²) < 4.78 is 34.1. The Balaban J connectivity index is 1.68. The number of nitriles is 1. The lowest BCUT2D eigenvalue weighted by atomic mass is 10.2. The van der Waals surface area contributed by atoms with E-state index >= 15 is 0 Å². The molecule has 28 heavy (non-hydrogen) atoms. The van der Waals surface area contributed by atoms with Crippen LogP contribution in [0.1, 0.15) is 23.6 Å². The average molecular weight is 397 g/mol. The summed E-state index contributed by atoms with van der Waals surface area (Å²) in [5.41, 5.74) is 2.61. The number of carbonyl (C=O) groups is 1. The van der Waals surface area contributed by atoms with Crippen LogP contribution in [0.4, 0.5) is 0 Å². The molecule has 0 radical (unpaired) electrons. The van der Waals surface area contributed by atoms with Gasteiger partial charge in [0.25, 0.3) is 0 Å². The summed E-state index contributed by atoms with van der Waals surface area (Å²) in [7, 11) is -3.84. The first-order valence-electron chi connectivity index (χ1n) is 8.56. The second-order valence-electron chi connectivity index (χ2n) is 6.40. The number of nitrogens with zero attached hydrogens (tertiary/aromatic N) is 2. The summed E-state index contributed by atoms with van der Waals surface area (Å²) in [6.45, 7) is 3.14. The summed E-state index contributed by atoms with van der Waals surface area (Å²) >= 11 is 0. The molecule has 0 bridgehead atoms. The van der Waals surface area contributed by atoms with Crippen molar-refractivity contribution in [3.63, 3.8) is 0 Å². The van der Waals surface area contributed by atoms with Crippen molar-refractivity contribution in [2.75, 3.05) is 0 Å². The van der Waals surface area contributed by atoms with E-state index < -0.39 is 22.0 Å². The number of aromatic nitrogens is 1. The molecule has 0 fully saturated rings. The zero-order valence-electron chi connectivity index (χ0n) is 15.4. The molecule has 0 spiro atoms. The first-order chi connectivity index (χ1) is 13.3. The van der Waals surface area contributed by atoms with E-state index in [4.69, 9.17) is 4.74 Å². The van der Waals surface area contributed by atoms with Gasteiger partial charge in [0, 0.05) is 18.0 Å². The fourth-order valence-corrected chi connectivity index (χ4v) is 3.95. The first-order valence-corrected chi connectivity index (χ1v) is 10.0. The Morgan fingerprint density at radius 1 is 1.25 bits per heavy atom. The van der Waals surface area contributed by atoms with Crippen LogP contribution in [-0.4, -0.2) is 24.8 Å². The van der Waals surface area contributed by atoms with Gasteiger partial charge in [-0.3, -0.25) is 4.79 Å². The van der Waals surface area contributed by atoms with E-state index in [9.17, 15) is 18.5 Å². The molecule has 0 amide bonds. The quantitative estimate of drug-likeness (QED) is 0.644. The van der Waals surface area contributed by atoms with E-state index in [-0.39, 0.29) is 11.5 Å². The van der Waals surface area contributed by atoms with Crippen molar-refractivity contribution in [3.05, 3.63) is 71.5 Å². The highest BCUT2D eigenvalue weighted by atomic mass is 32.2. The van der Waals surface area contributed by atoms with Crippen LogP contribution in [0.2, 0.25) is 0 Å². The predicted octanol–water partition coefficient (Wildman–Crippen LogP) is 2.53. The molecular weight excluding hydrogens is 378 g/mol. The van der Waals surface area contributed by atoms with Crippen LogP contribution in [0.3, 0.4) is 0 Å². The number of esters is 1. The van der Waals surface area contributed by atoms with Gasteiger partial charge in [0.15, 0.2) is 0 Å². The van der Waals surface area contributed by atoms with Gasteiger partial charge in [-0.05, 0) is 38.1 Å². The zero-order chi connectivity index (χ0) is 20.3. The number of benzene rings is 1. The molecule has 3 aromatic rings. The molecule has 1 aromatic carbocycles. The van der Waals surface area contributed by atoms with Gasteiger partial charge in [-0.15, -0.1) is 0 Å². The third-order valence-electron chi connectivity index (χ3n) is 4.26. The van der Waals surface area contributed by atoms with E-state index in [2.05, 4.69) is 10.8 Å². The van der Waals surface area contributed by atoms with Crippen molar-refractivity contribution in [2.45, 2.75) is 31.4 Å². The molecule has 8 heteroatoms. The number of hydrogen-bond acceptors (Lipinski definition) is 5. The number of fused-ring (bicyclic) bond motifs is 1. The second kappa shape index (κ2) is 7.84. The largest absolute Gasteiger partial charge is 0.460 e. The normalized spacial score (nSPS) is 12.5. The maximum Gasteiger partial charge on any atom is 0.324 e. The number of ether oxygens (including phenoxy) is 1. The van der Waals surface area contributed by atoms with Gasteiger partial charge in [-0.2, -0.15) is 9.98 Å². The van der Waals surface area contributed by atoms with Gasteiger partial charge in [0.2, 0.25) is 10.0 Å². The summed E-state index contributed by atoms with van der Waals surface area (Å²) in [5.74, 6) is -0.727. The van der Waals surface area contributed by atoms with Crippen LogP contribution in [-0.2, 0) is 26.2 Å². The van der Waals surface area contributed by atoms with Gasteiger partial charge >= 0.3 is 5.97 Å². The minimum atomic E-state index is -3.84. The highest BCUT2D eigenvalue weighted by Crippen LogP contribution is 2.19. The molecule has 2 aromatic heterocycles. The van der Waals surface area contributed by atoms with Gasteiger partial charge in [-0.25, -0.2) is 8.42 Å². The minimum absolute atomic E-state index is 0.0724. The van der Waals surface area contributed by atoms with Crippen LogP contribution < -0.4 is 4.72 Å². The van der Waals surface area contributed by atoms with E-state index in [1.165, 1.54) is 19.1 Å². The highest BCUT2D eigenvalue weighted by Gasteiger charge is 2.23. The zero-order valence-corrected chi connectivity index (χ0v) is 16.2. The molecule has 1 N–H and O–H groups in total. The number of pyridine rings is 1. The SMILES string of the molecule is Cc1ccc(S(=O)(=O)N[C@@H](C)C(=O)OCc2cn3ccccc3c2C#N)cc1. The Labute approximate surface area is 163 Å². The third kappa shape index (κ3) is 4.06. The lowest BCUT2D eigenvalue weighted by molar-refractivity contribution is -0.146. The standard InChI is InChI=1S/C20H19N3O4S/c1-14-6-8-17(9-7-14)28(25,26)22-15(2)20(24)27-13-16-12-23-10-4-3-5-19(23)18(16)11-21/h3-10,12,15,22H,13H2,1-2H3/t15-/m0/s1. The average Bonchev–Trinajstić information content (AvgIpc) is 3.03. The van der Waals surface area contributed by atoms with Crippen molar-refractivity contribution >= 4 is 21.5 Å². The lowest BCUT2D eigenvalue weighted by Gasteiger charge is -2.13. The second-order valence-corrected chi connectivity index (χ2v) is 8.11. The van der Waals surface area contributed by atoms with E-state index in [1.807, 2.05) is 19.1 Å². The first kappa shape index (κ1) is 19.6. The lowest BCUT2D eigenvalue weighted by Crippen LogP contribution is -2.39. The van der Waals surface area contributed by atoms with Crippen molar-refractivity contribution in [2.24, 2.45) is 0 Å². The molecule has 3 rings (SSSR count). The summed E-state index contributed by atoms with van der Waals surface area (Å²) in [6, 6.07) is 12.8. The molecule has 0 aliphatic heterocycles. The van der Waals surface area contributed by atoms with Crippen molar-refractivity contribution in [1.29, 1.82) is 5.26 Å². The Bertz CT molecular complexity index is 1160. The Hall–Kier alpha value is -3.15. The molecule has 7 nitrogen and oxygen atoms in total. The fraction of sp³-hybridized carbons (Fsp3) is 0.200. The van der Waals surface area contributed by atoms with Crippen LogP contribution >= 0.6 is 0 Å². The molecule has 0 saturated carbocycles. The molecule has 1 atom stereocenters. The Morgan fingerprint density at radius 2 is 1.96 bits per heavy atom. The van der Waals surface area contributed by atoms with Crippen LogP contribution in [0, 0.1) is 18.3 Å². The molecular formula is C20H19N3O4S. The van der Waals surface area contributed by atoms with E-state index in [0.29, 0.717) is 16.6 Å². The smallest absolute Gasteiger partial charge is 0.324 e. The number of hydrogen-bond donors (Lipinski definition) is 1. The number of rotatable bonds is 6. The molecule has 0 aliphatic carbocycles. The van der Waals surface area contributed by atoms with Crippen LogP contribution in [0.15, 0.2) is 59.8 Å². The van der Waals surface area contributed by atoms with Gasteiger partial charge < -0.3 is 9.14 Å². The topological polar surface area (TPSA) is 101 Å². The molecule has 144 valence electrons. The highest BCUT2D eigenvalue weighted by molar-refractivity contribution is 7.89.